The Labute approximate surface area is 114 Å². The first-order valence-electron chi connectivity index (χ1n) is 5.58. The van der Waals surface area contributed by atoms with Crippen LogP contribution in [0.2, 0.25) is 0 Å². The Kier molecular flexibility index (Phi) is 3.81. The highest BCUT2D eigenvalue weighted by molar-refractivity contribution is 9.10. The minimum absolute atomic E-state index is 0.170. The fourth-order valence-corrected chi connectivity index (χ4v) is 2.28. The lowest BCUT2D eigenvalue weighted by atomic mass is 10.1. The molecule has 5 heteroatoms. The molecule has 0 atom stereocenters. The Balaban J connectivity index is 2.28. The molecule has 0 radical (unpaired) electrons. The number of halogens is 1. The second-order valence-electron chi connectivity index (χ2n) is 4.15. The summed E-state index contributed by atoms with van der Waals surface area (Å²) in [6.45, 7) is 2.78. The van der Waals surface area contributed by atoms with Crippen LogP contribution < -0.4 is 10.5 Å². The second-order valence-corrected chi connectivity index (χ2v) is 4.94. The number of nitrogens with zero attached hydrogens (tertiary/aromatic N) is 2. The first-order valence-corrected chi connectivity index (χ1v) is 6.37. The summed E-state index contributed by atoms with van der Waals surface area (Å²) in [6.07, 6.45) is 1.41. The molecule has 0 saturated heterocycles. The van der Waals surface area contributed by atoms with Gasteiger partial charge in [-0.1, -0.05) is 24.3 Å². The van der Waals surface area contributed by atoms with Crippen LogP contribution in [0.5, 0.6) is 0 Å². The van der Waals surface area contributed by atoms with Crippen LogP contribution >= 0.6 is 15.9 Å². The average molecular weight is 308 g/mol. The van der Waals surface area contributed by atoms with Gasteiger partial charge < -0.3 is 9.88 Å². The number of aromatic nitrogens is 2. The van der Waals surface area contributed by atoms with E-state index >= 15 is 0 Å². The number of aryl methyl sites for hydroxylation is 1. The second kappa shape index (κ2) is 5.35. The van der Waals surface area contributed by atoms with Gasteiger partial charge in [-0.15, -0.1) is 0 Å². The van der Waals surface area contributed by atoms with E-state index in [1.54, 1.807) is 0 Å². The van der Waals surface area contributed by atoms with Gasteiger partial charge in [0, 0.05) is 13.6 Å². The zero-order valence-corrected chi connectivity index (χ0v) is 11.9. The fourth-order valence-electron chi connectivity index (χ4n) is 1.76. The summed E-state index contributed by atoms with van der Waals surface area (Å²) < 4.78 is 0.459. The van der Waals surface area contributed by atoms with Crippen LogP contribution in [0.15, 0.2) is 39.9 Å². The predicted molar refractivity (Wildman–Crippen MR) is 75.8 cm³/mol. The maximum atomic E-state index is 11.5. The summed E-state index contributed by atoms with van der Waals surface area (Å²) in [4.78, 5) is 20.2. The lowest BCUT2D eigenvalue weighted by Crippen LogP contribution is -2.22. The summed E-state index contributed by atoms with van der Waals surface area (Å²) in [7, 11) is 1.92. The molecular weight excluding hydrogens is 294 g/mol. The third-order valence-electron chi connectivity index (χ3n) is 2.81. The molecule has 2 aromatic rings. The highest BCUT2D eigenvalue weighted by atomic mass is 79.9. The molecule has 4 nitrogen and oxygen atoms in total. The van der Waals surface area contributed by atoms with Gasteiger partial charge in [0.25, 0.3) is 5.56 Å². The van der Waals surface area contributed by atoms with Crippen molar-refractivity contribution in [3.8, 4) is 0 Å². The monoisotopic (exact) mass is 307 g/mol. The molecule has 0 aliphatic rings. The third kappa shape index (κ3) is 2.61. The van der Waals surface area contributed by atoms with Gasteiger partial charge in [0.15, 0.2) is 0 Å². The van der Waals surface area contributed by atoms with E-state index in [-0.39, 0.29) is 5.56 Å². The first-order chi connectivity index (χ1) is 8.59. The first kappa shape index (κ1) is 12.8. The van der Waals surface area contributed by atoms with E-state index in [9.17, 15) is 4.79 Å². The molecule has 1 aromatic heterocycles. The number of hydrogen-bond donors (Lipinski definition) is 1. The Morgan fingerprint density at radius 3 is 2.83 bits per heavy atom. The fraction of sp³-hybridized carbons (Fsp3) is 0.231. The van der Waals surface area contributed by atoms with Crippen LogP contribution in [0.25, 0.3) is 0 Å². The molecule has 2 rings (SSSR count). The molecule has 1 N–H and O–H groups in total. The summed E-state index contributed by atoms with van der Waals surface area (Å²) in [5, 5.41) is 0. The summed E-state index contributed by atoms with van der Waals surface area (Å²) in [5.41, 5.74) is 2.27. The Bertz CT molecular complexity index is 609. The van der Waals surface area contributed by atoms with E-state index in [0.29, 0.717) is 16.8 Å². The largest absolute Gasteiger partial charge is 0.354 e. The summed E-state index contributed by atoms with van der Waals surface area (Å²) >= 11 is 3.26. The van der Waals surface area contributed by atoms with Crippen LogP contribution in [0.4, 0.5) is 5.82 Å². The van der Waals surface area contributed by atoms with Crippen LogP contribution in [0.1, 0.15) is 11.1 Å². The lowest BCUT2D eigenvalue weighted by Gasteiger charge is -2.19. The molecule has 0 saturated carbocycles. The van der Waals surface area contributed by atoms with Crippen LogP contribution in [-0.4, -0.2) is 17.0 Å². The number of anilines is 1. The standard InChI is InChI=1S/C13H14BrN3O/c1-9-5-3-4-6-10(9)7-17(2)12-11(14)13(18)16-8-15-12/h3-6,8H,7H2,1-2H3,(H,15,16,18). The van der Waals surface area contributed by atoms with Gasteiger partial charge in [-0.3, -0.25) is 4.79 Å². The van der Waals surface area contributed by atoms with Crippen molar-refractivity contribution in [3.63, 3.8) is 0 Å². The molecule has 1 aromatic carbocycles. The quantitative estimate of drug-likeness (QED) is 0.947. The topological polar surface area (TPSA) is 49.0 Å². The van der Waals surface area contributed by atoms with Crippen molar-refractivity contribution in [1.29, 1.82) is 0 Å². The van der Waals surface area contributed by atoms with Gasteiger partial charge >= 0.3 is 0 Å². The molecule has 0 fully saturated rings. The molecule has 1 heterocycles. The van der Waals surface area contributed by atoms with Crippen molar-refractivity contribution >= 4 is 21.7 Å². The molecule has 0 aliphatic heterocycles. The Morgan fingerprint density at radius 2 is 2.11 bits per heavy atom. The maximum Gasteiger partial charge on any atom is 0.267 e. The van der Waals surface area contributed by atoms with Gasteiger partial charge in [0.05, 0.1) is 6.33 Å². The average Bonchev–Trinajstić information content (AvgIpc) is 2.35. The molecule has 0 bridgehead atoms. The Hall–Kier alpha value is -1.62. The SMILES string of the molecule is Cc1ccccc1CN(C)c1nc[nH]c(=O)c1Br. The number of nitrogens with one attached hydrogen (secondary N) is 1. The summed E-state index contributed by atoms with van der Waals surface area (Å²) in [6, 6.07) is 8.17. The minimum Gasteiger partial charge on any atom is -0.354 e. The van der Waals surface area contributed by atoms with Crippen molar-refractivity contribution in [2.45, 2.75) is 13.5 Å². The van der Waals surface area contributed by atoms with Gasteiger partial charge in [0.2, 0.25) is 0 Å². The van der Waals surface area contributed by atoms with Gasteiger partial charge in [-0.2, -0.15) is 0 Å². The highest BCUT2D eigenvalue weighted by Crippen LogP contribution is 2.20. The van der Waals surface area contributed by atoms with Crippen molar-refractivity contribution < 1.29 is 0 Å². The zero-order chi connectivity index (χ0) is 13.1. The number of benzene rings is 1. The van der Waals surface area contributed by atoms with E-state index < -0.39 is 0 Å². The molecule has 0 spiro atoms. The molecule has 94 valence electrons. The van der Waals surface area contributed by atoms with Gasteiger partial charge in [0.1, 0.15) is 10.3 Å². The van der Waals surface area contributed by atoms with E-state index in [4.69, 9.17) is 0 Å². The number of hydrogen-bond acceptors (Lipinski definition) is 3. The van der Waals surface area contributed by atoms with Gasteiger partial charge in [-0.05, 0) is 34.0 Å². The van der Waals surface area contributed by atoms with Crippen molar-refractivity contribution in [3.05, 3.63) is 56.5 Å². The molecule has 0 unspecified atom stereocenters. The van der Waals surface area contributed by atoms with Crippen molar-refractivity contribution in [2.75, 3.05) is 11.9 Å². The van der Waals surface area contributed by atoms with Crippen LogP contribution in [0, 0.1) is 6.92 Å². The van der Waals surface area contributed by atoms with E-state index in [1.165, 1.54) is 17.5 Å². The Morgan fingerprint density at radius 1 is 1.39 bits per heavy atom. The van der Waals surface area contributed by atoms with Gasteiger partial charge in [-0.25, -0.2) is 4.98 Å². The summed E-state index contributed by atoms with van der Waals surface area (Å²) in [5.74, 6) is 0.641. The normalized spacial score (nSPS) is 10.4. The molecule has 18 heavy (non-hydrogen) atoms. The molecule has 0 amide bonds. The minimum atomic E-state index is -0.170. The number of aromatic amines is 1. The van der Waals surface area contributed by atoms with E-state index in [2.05, 4.69) is 45.0 Å². The maximum absolute atomic E-state index is 11.5. The zero-order valence-electron chi connectivity index (χ0n) is 10.3. The van der Waals surface area contributed by atoms with Crippen LogP contribution in [-0.2, 0) is 6.54 Å². The number of H-pyrrole nitrogens is 1. The van der Waals surface area contributed by atoms with Crippen molar-refractivity contribution in [1.82, 2.24) is 9.97 Å². The van der Waals surface area contributed by atoms with E-state index in [1.807, 2.05) is 24.1 Å². The van der Waals surface area contributed by atoms with Crippen molar-refractivity contribution in [2.24, 2.45) is 0 Å². The molecule has 0 aliphatic carbocycles. The lowest BCUT2D eigenvalue weighted by molar-refractivity contribution is 0.875. The smallest absolute Gasteiger partial charge is 0.267 e. The third-order valence-corrected chi connectivity index (χ3v) is 3.52. The van der Waals surface area contributed by atoms with E-state index in [0.717, 1.165) is 0 Å². The highest BCUT2D eigenvalue weighted by Gasteiger charge is 2.11. The number of rotatable bonds is 3. The van der Waals surface area contributed by atoms with Crippen LogP contribution in [0.3, 0.4) is 0 Å². The predicted octanol–water partition coefficient (Wildman–Crippen LogP) is 2.48. The molecular formula is C13H14BrN3O.